The van der Waals surface area contributed by atoms with Crippen molar-refractivity contribution in [2.24, 2.45) is 11.8 Å². The Balaban J connectivity index is 1.87. The Labute approximate surface area is 125 Å². The second-order valence-corrected chi connectivity index (χ2v) is 6.02. The van der Waals surface area contributed by atoms with Gasteiger partial charge in [0, 0.05) is 24.4 Å². The van der Waals surface area contributed by atoms with E-state index in [0.29, 0.717) is 5.75 Å². The maximum atomic E-state index is 10.9. The lowest BCUT2D eigenvalue weighted by Gasteiger charge is -2.26. The molecule has 1 aliphatic rings. The standard InChI is InChI=1S/C16H24N2O3/c1-12-3-5-13(6-4-12)7-8-17-14-9-15(18(19)20)11-16(10-14)21-2/h9-13,17H,3-8H2,1-2H3. The smallest absolute Gasteiger partial charge is 0.275 e. The maximum Gasteiger partial charge on any atom is 0.275 e. The molecule has 1 fully saturated rings. The summed E-state index contributed by atoms with van der Waals surface area (Å²) in [6.45, 7) is 3.17. The summed E-state index contributed by atoms with van der Waals surface area (Å²) >= 11 is 0. The number of methoxy groups -OCH3 is 1. The van der Waals surface area contributed by atoms with Gasteiger partial charge in [0.25, 0.3) is 5.69 Å². The first-order chi connectivity index (χ1) is 10.1. The van der Waals surface area contributed by atoms with E-state index in [9.17, 15) is 10.1 Å². The van der Waals surface area contributed by atoms with E-state index in [1.807, 2.05) is 0 Å². The molecule has 5 nitrogen and oxygen atoms in total. The number of nitrogens with zero attached hydrogens (tertiary/aromatic N) is 1. The molecule has 0 bridgehead atoms. The molecule has 0 aromatic heterocycles. The third kappa shape index (κ3) is 4.62. The molecule has 0 atom stereocenters. The van der Waals surface area contributed by atoms with Crippen LogP contribution in [0.1, 0.15) is 39.0 Å². The van der Waals surface area contributed by atoms with Crippen LogP contribution in [0.2, 0.25) is 0 Å². The van der Waals surface area contributed by atoms with Crippen LogP contribution in [-0.2, 0) is 0 Å². The third-order valence-corrected chi connectivity index (χ3v) is 4.35. The first-order valence-corrected chi connectivity index (χ1v) is 7.66. The molecule has 0 radical (unpaired) electrons. The summed E-state index contributed by atoms with van der Waals surface area (Å²) in [7, 11) is 1.52. The lowest BCUT2D eigenvalue weighted by molar-refractivity contribution is -0.384. The van der Waals surface area contributed by atoms with E-state index in [0.717, 1.165) is 30.5 Å². The average Bonchev–Trinajstić information content (AvgIpc) is 2.49. The van der Waals surface area contributed by atoms with Crippen LogP contribution in [0.15, 0.2) is 18.2 Å². The first kappa shape index (κ1) is 15.6. The summed E-state index contributed by atoms with van der Waals surface area (Å²) in [5.41, 5.74) is 0.813. The van der Waals surface area contributed by atoms with Crippen LogP contribution >= 0.6 is 0 Å². The Kier molecular flexibility index (Phi) is 5.42. The number of anilines is 1. The lowest BCUT2D eigenvalue weighted by atomic mass is 9.81. The molecule has 1 N–H and O–H groups in total. The number of benzene rings is 1. The molecule has 1 saturated carbocycles. The number of nitrogens with one attached hydrogen (secondary N) is 1. The molecule has 116 valence electrons. The van der Waals surface area contributed by atoms with Crippen molar-refractivity contribution < 1.29 is 9.66 Å². The topological polar surface area (TPSA) is 64.4 Å². The SMILES string of the molecule is COc1cc(NCCC2CCC(C)CC2)cc([N+](=O)[O-])c1. The van der Waals surface area contributed by atoms with Crippen LogP contribution in [0.5, 0.6) is 5.75 Å². The summed E-state index contributed by atoms with van der Waals surface area (Å²) < 4.78 is 5.11. The number of nitro groups is 1. The van der Waals surface area contributed by atoms with E-state index < -0.39 is 4.92 Å². The Bertz CT molecular complexity index is 482. The van der Waals surface area contributed by atoms with E-state index in [1.165, 1.54) is 38.9 Å². The zero-order valence-electron chi connectivity index (χ0n) is 12.8. The van der Waals surface area contributed by atoms with Gasteiger partial charge in [0.2, 0.25) is 0 Å². The second-order valence-electron chi connectivity index (χ2n) is 6.02. The molecule has 1 aromatic carbocycles. The summed E-state index contributed by atoms with van der Waals surface area (Å²) in [5.74, 6) is 2.17. The van der Waals surface area contributed by atoms with Crippen molar-refractivity contribution >= 4 is 11.4 Å². The monoisotopic (exact) mass is 292 g/mol. The molecule has 2 rings (SSSR count). The summed E-state index contributed by atoms with van der Waals surface area (Å²) in [5, 5.41) is 14.2. The van der Waals surface area contributed by atoms with Crippen LogP contribution in [0.25, 0.3) is 0 Å². The van der Waals surface area contributed by atoms with Crippen LogP contribution < -0.4 is 10.1 Å². The largest absolute Gasteiger partial charge is 0.496 e. The van der Waals surface area contributed by atoms with Crippen molar-refractivity contribution in [3.05, 3.63) is 28.3 Å². The molecular weight excluding hydrogens is 268 g/mol. The number of ether oxygens (including phenoxy) is 1. The van der Waals surface area contributed by atoms with E-state index >= 15 is 0 Å². The molecule has 1 aliphatic carbocycles. The van der Waals surface area contributed by atoms with Crippen molar-refractivity contribution in [2.75, 3.05) is 19.0 Å². The normalized spacial score (nSPS) is 21.8. The molecule has 0 amide bonds. The van der Waals surface area contributed by atoms with Crippen molar-refractivity contribution in [3.63, 3.8) is 0 Å². The summed E-state index contributed by atoms with van der Waals surface area (Å²) in [4.78, 5) is 10.5. The van der Waals surface area contributed by atoms with Crippen LogP contribution in [0.4, 0.5) is 11.4 Å². The van der Waals surface area contributed by atoms with Gasteiger partial charge in [-0.25, -0.2) is 0 Å². The highest BCUT2D eigenvalue weighted by Crippen LogP contribution is 2.31. The molecule has 1 aromatic rings. The van der Waals surface area contributed by atoms with Crippen molar-refractivity contribution in [3.8, 4) is 5.75 Å². The Morgan fingerprint density at radius 3 is 2.62 bits per heavy atom. The highest BCUT2D eigenvalue weighted by atomic mass is 16.6. The van der Waals surface area contributed by atoms with Gasteiger partial charge in [-0.3, -0.25) is 10.1 Å². The fourth-order valence-corrected chi connectivity index (χ4v) is 2.95. The fourth-order valence-electron chi connectivity index (χ4n) is 2.95. The van der Waals surface area contributed by atoms with E-state index in [-0.39, 0.29) is 5.69 Å². The molecule has 5 heteroatoms. The highest BCUT2D eigenvalue weighted by Gasteiger charge is 2.17. The minimum absolute atomic E-state index is 0.0586. The van der Waals surface area contributed by atoms with Crippen LogP contribution in [0.3, 0.4) is 0 Å². The predicted octanol–water partition coefficient (Wildman–Crippen LogP) is 4.23. The maximum absolute atomic E-state index is 10.9. The number of rotatable bonds is 6. The quantitative estimate of drug-likeness (QED) is 0.629. The molecule has 0 aliphatic heterocycles. The van der Waals surface area contributed by atoms with Gasteiger partial charge in [0.15, 0.2) is 0 Å². The van der Waals surface area contributed by atoms with Crippen molar-refractivity contribution in [1.82, 2.24) is 0 Å². The molecule has 0 heterocycles. The van der Waals surface area contributed by atoms with E-state index in [2.05, 4.69) is 12.2 Å². The average molecular weight is 292 g/mol. The van der Waals surface area contributed by atoms with Gasteiger partial charge in [0.1, 0.15) is 5.75 Å². The van der Waals surface area contributed by atoms with E-state index in [1.54, 1.807) is 12.1 Å². The Hall–Kier alpha value is -1.78. The molecule has 0 spiro atoms. The van der Waals surface area contributed by atoms with Gasteiger partial charge < -0.3 is 10.1 Å². The minimum atomic E-state index is -0.393. The van der Waals surface area contributed by atoms with Gasteiger partial charge in [0.05, 0.1) is 18.1 Å². The van der Waals surface area contributed by atoms with Crippen molar-refractivity contribution in [2.45, 2.75) is 39.0 Å². The number of non-ortho nitro benzene ring substituents is 1. The lowest BCUT2D eigenvalue weighted by Crippen LogP contribution is -2.15. The second kappa shape index (κ2) is 7.29. The zero-order chi connectivity index (χ0) is 15.2. The van der Waals surface area contributed by atoms with Crippen molar-refractivity contribution in [1.29, 1.82) is 0 Å². The minimum Gasteiger partial charge on any atom is -0.496 e. The first-order valence-electron chi connectivity index (χ1n) is 7.66. The number of hydrogen-bond acceptors (Lipinski definition) is 4. The van der Waals surface area contributed by atoms with E-state index in [4.69, 9.17) is 4.74 Å². The van der Waals surface area contributed by atoms with Crippen LogP contribution in [0, 0.1) is 22.0 Å². The molecule has 0 saturated heterocycles. The van der Waals surface area contributed by atoms with Gasteiger partial charge in [-0.05, 0) is 18.3 Å². The molecule has 0 unspecified atom stereocenters. The van der Waals surface area contributed by atoms with Gasteiger partial charge >= 0.3 is 0 Å². The Morgan fingerprint density at radius 2 is 2.00 bits per heavy atom. The number of nitro benzene ring substituents is 1. The van der Waals surface area contributed by atoms with Crippen LogP contribution in [-0.4, -0.2) is 18.6 Å². The Morgan fingerprint density at radius 1 is 1.29 bits per heavy atom. The summed E-state index contributed by atoms with van der Waals surface area (Å²) in [6.07, 6.45) is 6.39. The highest BCUT2D eigenvalue weighted by molar-refractivity contribution is 5.56. The zero-order valence-corrected chi connectivity index (χ0v) is 12.8. The third-order valence-electron chi connectivity index (χ3n) is 4.35. The number of hydrogen-bond donors (Lipinski definition) is 1. The fraction of sp³-hybridized carbons (Fsp3) is 0.625. The summed E-state index contributed by atoms with van der Waals surface area (Å²) in [6, 6.07) is 4.80. The van der Waals surface area contributed by atoms with Gasteiger partial charge in [-0.2, -0.15) is 0 Å². The predicted molar refractivity (Wildman–Crippen MR) is 83.9 cm³/mol. The van der Waals surface area contributed by atoms with Gasteiger partial charge in [-0.1, -0.05) is 32.6 Å². The van der Waals surface area contributed by atoms with Gasteiger partial charge in [-0.15, -0.1) is 0 Å². The molecular formula is C16H24N2O3. The molecule has 21 heavy (non-hydrogen) atoms.